The minimum atomic E-state index is -0.256. The number of amides is 1. The normalized spacial score (nSPS) is 16.5. The zero-order valence-corrected chi connectivity index (χ0v) is 16.4. The Bertz CT molecular complexity index is 730. The van der Waals surface area contributed by atoms with E-state index in [0.717, 1.165) is 25.9 Å². The van der Waals surface area contributed by atoms with Crippen LogP contribution in [0.15, 0.2) is 33.9 Å². The van der Waals surface area contributed by atoms with Gasteiger partial charge in [-0.05, 0) is 49.9 Å². The standard InChI is InChI=1S/C18H22ClN3O3S/c1-12-7-9-22(10-8-12)17(23)13(2)26-18-21-20-16(25-18)11-24-15-5-3-14(19)4-6-15/h3-6,12-13H,7-11H2,1-2H3. The molecular formula is C18H22ClN3O3S. The maximum Gasteiger partial charge on any atom is 0.277 e. The van der Waals surface area contributed by atoms with Crippen LogP contribution in [0.3, 0.4) is 0 Å². The Labute approximate surface area is 162 Å². The molecule has 0 N–H and O–H groups in total. The molecule has 8 heteroatoms. The van der Waals surface area contributed by atoms with Crippen molar-refractivity contribution in [2.24, 2.45) is 5.92 Å². The maximum atomic E-state index is 12.5. The fourth-order valence-corrected chi connectivity index (χ4v) is 3.62. The van der Waals surface area contributed by atoms with Gasteiger partial charge in [-0.25, -0.2) is 0 Å². The summed E-state index contributed by atoms with van der Waals surface area (Å²) in [6.07, 6.45) is 2.13. The molecule has 0 bridgehead atoms. The van der Waals surface area contributed by atoms with Gasteiger partial charge in [-0.3, -0.25) is 4.79 Å². The maximum absolute atomic E-state index is 12.5. The first kappa shape index (κ1) is 19.0. The molecule has 6 nitrogen and oxygen atoms in total. The molecule has 1 unspecified atom stereocenters. The minimum absolute atomic E-state index is 0.124. The van der Waals surface area contributed by atoms with E-state index in [4.69, 9.17) is 20.8 Å². The van der Waals surface area contributed by atoms with E-state index in [2.05, 4.69) is 17.1 Å². The first-order chi connectivity index (χ1) is 12.5. The minimum Gasteiger partial charge on any atom is -0.484 e. The zero-order chi connectivity index (χ0) is 18.5. The van der Waals surface area contributed by atoms with Gasteiger partial charge in [0, 0.05) is 18.1 Å². The van der Waals surface area contributed by atoms with Crippen molar-refractivity contribution in [3.8, 4) is 5.75 Å². The van der Waals surface area contributed by atoms with Gasteiger partial charge in [0.05, 0.1) is 5.25 Å². The molecule has 2 heterocycles. The van der Waals surface area contributed by atoms with Crippen LogP contribution in [0.25, 0.3) is 0 Å². The van der Waals surface area contributed by atoms with Crippen molar-refractivity contribution < 1.29 is 13.9 Å². The second kappa shape index (κ2) is 8.77. The average Bonchev–Trinajstić information content (AvgIpc) is 3.08. The van der Waals surface area contributed by atoms with Gasteiger partial charge in [0.1, 0.15) is 5.75 Å². The van der Waals surface area contributed by atoms with Crippen LogP contribution in [0, 0.1) is 5.92 Å². The van der Waals surface area contributed by atoms with Crippen molar-refractivity contribution in [1.29, 1.82) is 0 Å². The third kappa shape index (κ3) is 5.14. The lowest BCUT2D eigenvalue weighted by atomic mass is 9.99. The van der Waals surface area contributed by atoms with Crippen LogP contribution in [0.1, 0.15) is 32.6 Å². The summed E-state index contributed by atoms with van der Waals surface area (Å²) < 4.78 is 11.2. The first-order valence-electron chi connectivity index (χ1n) is 8.67. The SMILES string of the molecule is CC1CCN(C(=O)C(C)Sc2nnc(COc3ccc(Cl)cc3)o2)CC1. The summed E-state index contributed by atoms with van der Waals surface area (Å²) in [5.41, 5.74) is 0. The van der Waals surface area contributed by atoms with Crippen LogP contribution in [-0.4, -0.2) is 39.3 Å². The van der Waals surface area contributed by atoms with Gasteiger partial charge in [-0.15, -0.1) is 10.2 Å². The molecular weight excluding hydrogens is 374 g/mol. The number of carbonyl (C=O) groups is 1. The van der Waals surface area contributed by atoms with Crippen molar-refractivity contribution in [3.63, 3.8) is 0 Å². The second-order valence-electron chi connectivity index (χ2n) is 6.47. The Hall–Kier alpha value is -1.73. The summed E-state index contributed by atoms with van der Waals surface area (Å²) >= 11 is 7.13. The first-order valence-corrected chi connectivity index (χ1v) is 9.93. The van der Waals surface area contributed by atoms with Crippen molar-refractivity contribution in [1.82, 2.24) is 15.1 Å². The Morgan fingerprint density at radius 2 is 2.04 bits per heavy atom. The molecule has 1 atom stereocenters. The van der Waals surface area contributed by atoms with Crippen LogP contribution < -0.4 is 4.74 Å². The summed E-state index contributed by atoms with van der Waals surface area (Å²) in [6, 6.07) is 7.05. The smallest absolute Gasteiger partial charge is 0.277 e. The number of hydrogen-bond donors (Lipinski definition) is 0. The molecule has 1 aliphatic rings. The highest BCUT2D eigenvalue weighted by Gasteiger charge is 2.26. The summed E-state index contributed by atoms with van der Waals surface area (Å²) in [6.45, 7) is 5.93. The lowest BCUT2D eigenvalue weighted by Crippen LogP contribution is -2.41. The largest absolute Gasteiger partial charge is 0.484 e. The van der Waals surface area contributed by atoms with Crippen molar-refractivity contribution in [2.75, 3.05) is 13.1 Å². The van der Waals surface area contributed by atoms with Gasteiger partial charge in [0.2, 0.25) is 5.91 Å². The molecule has 2 aromatic rings. The second-order valence-corrected chi connectivity index (χ2v) is 8.20. The number of piperidine rings is 1. The quantitative estimate of drug-likeness (QED) is 0.687. The average molecular weight is 396 g/mol. The number of nitrogens with zero attached hydrogens (tertiary/aromatic N) is 3. The Morgan fingerprint density at radius 3 is 2.73 bits per heavy atom. The number of rotatable bonds is 6. The number of aromatic nitrogens is 2. The van der Waals surface area contributed by atoms with Gasteiger partial charge >= 0.3 is 0 Å². The summed E-state index contributed by atoms with van der Waals surface area (Å²) in [5, 5.41) is 8.74. The molecule has 1 amide bonds. The molecule has 1 aromatic carbocycles. The summed E-state index contributed by atoms with van der Waals surface area (Å²) in [7, 11) is 0. The van der Waals surface area contributed by atoms with Crippen molar-refractivity contribution >= 4 is 29.3 Å². The predicted octanol–water partition coefficient (Wildman–Crippen LogP) is 4.04. The van der Waals surface area contributed by atoms with Gasteiger partial charge in [0.25, 0.3) is 11.1 Å². The predicted molar refractivity (Wildman–Crippen MR) is 100 cm³/mol. The van der Waals surface area contributed by atoms with Gasteiger partial charge < -0.3 is 14.1 Å². The molecule has 0 aliphatic carbocycles. The van der Waals surface area contributed by atoms with E-state index in [-0.39, 0.29) is 17.8 Å². The van der Waals surface area contributed by atoms with E-state index >= 15 is 0 Å². The zero-order valence-electron chi connectivity index (χ0n) is 14.9. The molecule has 0 radical (unpaired) electrons. The molecule has 140 valence electrons. The third-order valence-corrected chi connectivity index (χ3v) is 5.52. The molecule has 1 fully saturated rings. The van der Waals surface area contributed by atoms with E-state index in [1.54, 1.807) is 24.3 Å². The van der Waals surface area contributed by atoms with E-state index in [1.807, 2.05) is 11.8 Å². The van der Waals surface area contributed by atoms with E-state index in [1.165, 1.54) is 11.8 Å². The fraction of sp³-hybridized carbons (Fsp3) is 0.500. The van der Waals surface area contributed by atoms with E-state index in [0.29, 0.717) is 27.8 Å². The number of hydrogen-bond acceptors (Lipinski definition) is 6. The number of likely N-dealkylation sites (tertiary alicyclic amines) is 1. The Morgan fingerprint density at radius 1 is 1.35 bits per heavy atom. The molecule has 1 saturated heterocycles. The van der Waals surface area contributed by atoms with Crippen LogP contribution in [0.4, 0.5) is 0 Å². The van der Waals surface area contributed by atoms with Gasteiger partial charge in [0.15, 0.2) is 6.61 Å². The van der Waals surface area contributed by atoms with Crippen molar-refractivity contribution in [3.05, 3.63) is 35.2 Å². The monoisotopic (exact) mass is 395 g/mol. The Kier molecular flexibility index (Phi) is 6.43. The topological polar surface area (TPSA) is 68.5 Å². The highest BCUT2D eigenvalue weighted by atomic mass is 35.5. The lowest BCUT2D eigenvalue weighted by molar-refractivity contribution is -0.131. The lowest BCUT2D eigenvalue weighted by Gasteiger charge is -2.31. The highest BCUT2D eigenvalue weighted by Crippen LogP contribution is 2.26. The fourth-order valence-electron chi connectivity index (χ4n) is 2.71. The molecule has 26 heavy (non-hydrogen) atoms. The van der Waals surface area contributed by atoms with Crippen molar-refractivity contribution in [2.45, 2.75) is 43.8 Å². The summed E-state index contributed by atoms with van der Waals surface area (Å²) in [4.78, 5) is 14.5. The van der Waals surface area contributed by atoms with E-state index in [9.17, 15) is 4.79 Å². The Balaban J connectivity index is 1.49. The molecule has 3 rings (SSSR count). The number of carbonyl (C=O) groups excluding carboxylic acids is 1. The van der Waals surface area contributed by atoms with E-state index < -0.39 is 0 Å². The van der Waals surface area contributed by atoms with Gasteiger partial charge in [-0.2, -0.15) is 0 Å². The molecule has 0 saturated carbocycles. The molecule has 1 aliphatic heterocycles. The van der Waals surface area contributed by atoms with Crippen LogP contribution in [0.5, 0.6) is 5.75 Å². The number of thioether (sulfide) groups is 1. The molecule has 0 spiro atoms. The number of halogens is 1. The summed E-state index contributed by atoms with van der Waals surface area (Å²) in [5.74, 6) is 1.86. The molecule has 1 aromatic heterocycles. The van der Waals surface area contributed by atoms with Crippen LogP contribution >= 0.6 is 23.4 Å². The third-order valence-electron chi connectivity index (χ3n) is 4.34. The van der Waals surface area contributed by atoms with Crippen LogP contribution in [0.2, 0.25) is 5.02 Å². The number of ether oxygens (including phenoxy) is 1. The van der Waals surface area contributed by atoms with Gasteiger partial charge in [-0.1, -0.05) is 30.3 Å². The number of benzene rings is 1. The van der Waals surface area contributed by atoms with Crippen LogP contribution in [-0.2, 0) is 11.4 Å². The highest BCUT2D eigenvalue weighted by molar-refractivity contribution is 8.00.